The Morgan fingerprint density at radius 1 is 1.90 bits per heavy atom. The van der Waals surface area contributed by atoms with Gasteiger partial charge in [0.05, 0.1) is 15.8 Å². The quantitative estimate of drug-likeness (QED) is 0.579. The van der Waals surface area contributed by atoms with E-state index < -0.39 is 0 Å². The molecule has 1 aromatic heterocycles. The van der Waals surface area contributed by atoms with Gasteiger partial charge in [0.15, 0.2) is 0 Å². The molecule has 0 fully saturated rings. The largest absolute Gasteiger partial charge is 0.265 e. The predicted octanol–water partition coefficient (Wildman–Crippen LogP) is 2.23. The summed E-state index contributed by atoms with van der Waals surface area (Å²) in [6.45, 7) is 5.73. The molecule has 1 heterocycles. The van der Waals surface area contributed by atoms with Gasteiger partial charge >= 0.3 is 0 Å². The Morgan fingerprint density at radius 2 is 2.60 bits per heavy atom. The van der Waals surface area contributed by atoms with Crippen molar-refractivity contribution in [2.45, 2.75) is 13.0 Å². The van der Waals surface area contributed by atoms with E-state index in [0.717, 1.165) is 3.57 Å². The molecule has 0 saturated carbocycles. The van der Waals surface area contributed by atoms with E-state index in [-0.39, 0.29) is 0 Å². The molecule has 0 aromatic carbocycles. The van der Waals surface area contributed by atoms with Gasteiger partial charge in [0.2, 0.25) is 0 Å². The first-order valence-electron chi connectivity index (χ1n) is 3.06. The average molecular weight is 248 g/mol. The maximum atomic E-state index is 4.12. The van der Waals surface area contributed by atoms with Crippen LogP contribution >= 0.6 is 22.6 Å². The average Bonchev–Trinajstić information content (AvgIpc) is 2.34. The van der Waals surface area contributed by atoms with E-state index >= 15 is 0 Å². The molecule has 54 valence electrons. The number of allylic oxidation sites excluding steroid dienone is 1. The summed E-state index contributed by atoms with van der Waals surface area (Å²) in [6, 6.07) is 0.295. The third-order valence-corrected chi connectivity index (χ3v) is 1.89. The van der Waals surface area contributed by atoms with Crippen LogP contribution in [0.1, 0.15) is 13.0 Å². The maximum absolute atomic E-state index is 4.12. The summed E-state index contributed by atoms with van der Waals surface area (Å²) in [5.74, 6) is 0. The lowest BCUT2D eigenvalue weighted by molar-refractivity contribution is 0.581. The van der Waals surface area contributed by atoms with Crippen LogP contribution in [0, 0.1) is 3.57 Å². The fourth-order valence-electron chi connectivity index (χ4n) is 0.646. The Hall–Kier alpha value is -0.320. The fraction of sp³-hybridized carbons (Fsp3) is 0.286. The zero-order valence-corrected chi connectivity index (χ0v) is 7.95. The van der Waals surface area contributed by atoms with Crippen LogP contribution in [0.15, 0.2) is 25.0 Å². The van der Waals surface area contributed by atoms with Gasteiger partial charge in [-0.2, -0.15) is 5.10 Å². The highest BCUT2D eigenvalue weighted by molar-refractivity contribution is 14.1. The number of hydrogen-bond acceptors (Lipinski definition) is 1. The van der Waals surface area contributed by atoms with Crippen molar-refractivity contribution < 1.29 is 0 Å². The van der Waals surface area contributed by atoms with Crippen molar-refractivity contribution in [3.8, 4) is 0 Å². The molecular formula is C7H9IN2. The van der Waals surface area contributed by atoms with Gasteiger partial charge in [0.1, 0.15) is 0 Å². The van der Waals surface area contributed by atoms with Crippen molar-refractivity contribution in [2.75, 3.05) is 0 Å². The first-order valence-corrected chi connectivity index (χ1v) is 4.14. The molecule has 2 nitrogen and oxygen atoms in total. The molecular weight excluding hydrogens is 239 g/mol. The highest BCUT2D eigenvalue weighted by Gasteiger charge is 1.98. The first kappa shape index (κ1) is 7.78. The summed E-state index contributed by atoms with van der Waals surface area (Å²) in [4.78, 5) is 0. The van der Waals surface area contributed by atoms with Crippen molar-refractivity contribution in [2.24, 2.45) is 0 Å². The van der Waals surface area contributed by atoms with Gasteiger partial charge < -0.3 is 0 Å². The normalized spacial score (nSPS) is 13.0. The standard InChI is InChI=1S/C7H9IN2/c1-3-6(2)10-5-7(8)4-9-10/h3-6H,1H2,2H3. The van der Waals surface area contributed by atoms with Crippen LogP contribution in [0.4, 0.5) is 0 Å². The molecule has 0 N–H and O–H groups in total. The molecule has 1 aromatic rings. The molecule has 0 aliphatic carbocycles. The van der Waals surface area contributed by atoms with Crippen molar-refractivity contribution >= 4 is 22.6 Å². The van der Waals surface area contributed by atoms with Crippen molar-refractivity contribution in [1.29, 1.82) is 0 Å². The molecule has 3 heteroatoms. The molecule has 0 radical (unpaired) electrons. The summed E-state index contributed by atoms with van der Waals surface area (Å²) in [5, 5.41) is 4.12. The van der Waals surface area contributed by atoms with Crippen LogP contribution in [-0.4, -0.2) is 9.78 Å². The molecule has 0 aliphatic heterocycles. The smallest absolute Gasteiger partial charge is 0.0668 e. The zero-order chi connectivity index (χ0) is 7.56. The SMILES string of the molecule is C=CC(C)n1cc(I)cn1. The van der Waals surface area contributed by atoms with E-state index in [1.165, 1.54) is 0 Å². The molecule has 1 atom stereocenters. The molecule has 0 aliphatic rings. The minimum absolute atomic E-state index is 0.295. The van der Waals surface area contributed by atoms with E-state index in [2.05, 4.69) is 41.2 Å². The van der Waals surface area contributed by atoms with Crippen LogP contribution in [-0.2, 0) is 0 Å². The number of hydrogen-bond donors (Lipinski definition) is 0. The molecule has 1 rings (SSSR count). The topological polar surface area (TPSA) is 17.8 Å². The second-order valence-corrected chi connectivity index (χ2v) is 3.36. The van der Waals surface area contributed by atoms with Gasteiger partial charge in [-0.3, -0.25) is 4.68 Å². The van der Waals surface area contributed by atoms with E-state index in [1.54, 1.807) is 0 Å². The minimum Gasteiger partial charge on any atom is -0.265 e. The van der Waals surface area contributed by atoms with E-state index in [4.69, 9.17) is 0 Å². The minimum atomic E-state index is 0.295. The summed E-state index contributed by atoms with van der Waals surface area (Å²) < 4.78 is 3.04. The van der Waals surface area contributed by atoms with E-state index in [1.807, 2.05) is 23.2 Å². The molecule has 0 saturated heterocycles. The third kappa shape index (κ3) is 1.59. The third-order valence-electron chi connectivity index (χ3n) is 1.33. The zero-order valence-electron chi connectivity index (χ0n) is 5.79. The summed E-state index contributed by atoms with van der Waals surface area (Å²) in [6.07, 6.45) is 5.69. The maximum Gasteiger partial charge on any atom is 0.0668 e. The Morgan fingerprint density at radius 3 is 3.00 bits per heavy atom. The van der Waals surface area contributed by atoms with Gasteiger partial charge in [-0.25, -0.2) is 0 Å². The highest BCUT2D eigenvalue weighted by Crippen LogP contribution is 2.08. The van der Waals surface area contributed by atoms with E-state index in [9.17, 15) is 0 Å². The number of aromatic nitrogens is 2. The number of nitrogens with zero attached hydrogens (tertiary/aromatic N) is 2. The van der Waals surface area contributed by atoms with Crippen molar-refractivity contribution in [3.05, 3.63) is 28.6 Å². The second-order valence-electron chi connectivity index (χ2n) is 2.11. The van der Waals surface area contributed by atoms with Gasteiger partial charge in [0, 0.05) is 6.20 Å². The molecule has 0 amide bonds. The molecule has 10 heavy (non-hydrogen) atoms. The van der Waals surface area contributed by atoms with Gasteiger partial charge in [-0.15, -0.1) is 6.58 Å². The fourth-order valence-corrected chi connectivity index (χ4v) is 1.06. The van der Waals surface area contributed by atoms with Crippen LogP contribution < -0.4 is 0 Å². The Labute approximate surface area is 74.1 Å². The molecule has 0 spiro atoms. The van der Waals surface area contributed by atoms with Crippen molar-refractivity contribution in [3.63, 3.8) is 0 Å². The number of rotatable bonds is 2. The van der Waals surface area contributed by atoms with Gasteiger partial charge in [0.25, 0.3) is 0 Å². The Balaban J connectivity index is 2.84. The van der Waals surface area contributed by atoms with E-state index in [0.29, 0.717) is 6.04 Å². The molecule has 1 unspecified atom stereocenters. The number of halogens is 1. The first-order chi connectivity index (χ1) is 4.74. The second kappa shape index (κ2) is 3.18. The predicted molar refractivity (Wildman–Crippen MR) is 49.9 cm³/mol. The lowest BCUT2D eigenvalue weighted by Crippen LogP contribution is -2.01. The monoisotopic (exact) mass is 248 g/mol. The molecule has 0 bridgehead atoms. The lowest BCUT2D eigenvalue weighted by atomic mass is 10.3. The Kier molecular flexibility index (Phi) is 2.48. The van der Waals surface area contributed by atoms with Crippen LogP contribution in [0.3, 0.4) is 0 Å². The van der Waals surface area contributed by atoms with Gasteiger partial charge in [-0.05, 0) is 29.5 Å². The summed E-state index contributed by atoms with van der Waals surface area (Å²) >= 11 is 2.23. The van der Waals surface area contributed by atoms with Crippen LogP contribution in [0.2, 0.25) is 0 Å². The van der Waals surface area contributed by atoms with Gasteiger partial charge in [-0.1, -0.05) is 6.08 Å². The summed E-state index contributed by atoms with van der Waals surface area (Å²) in [5.41, 5.74) is 0. The lowest BCUT2D eigenvalue weighted by Gasteiger charge is -2.03. The van der Waals surface area contributed by atoms with Crippen LogP contribution in [0.25, 0.3) is 0 Å². The Bertz CT molecular complexity index is 229. The summed E-state index contributed by atoms with van der Waals surface area (Å²) in [7, 11) is 0. The highest BCUT2D eigenvalue weighted by atomic mass is 127. The van der Waals surface area contributed by atoms with Crippen molar-refractivity contribution in [1.82, 2.24) is 9.78 Å². The van der Waals surface area contributed by atoms with Crippen LogP contribution in [0.5, 0.6) is 0 Å².